The van der Waals surface area contributed by atoms with Gasteiger partial charge in [-0.05, 0) is 41.5 Å². The van der Waals surface area contributed by atoms with Gasteiger partial charge >= 0.3 is 0 Å². The molecule has 0 aliphatic heterocycles. The fraction of sp³-hybridized carbons (Fsp3) is 0.0870. The Hall–Kier alpha value is -4.00. The van der Waals surface area contributed by atoms with Crippen molar-refractivity contribution in [1.82, 2.24) is 15.6 Å². The fourth-order valence-electron chi connectivity index (χ4n) is 2.42. The lowest BCUT2D eigenvalue weighted by atomic mass is 10.2. The van der Waals surface area contributed by atoms with Crippen LogP contribution in [0.1, 0.15) is 11.1 Å². The maximum atomic E-state index is 12.9. The van der Waals surface area contributed by atoms with Gasteiger partial charge in [-0.3, -0.25) is 9.59 Å². The Labute approximate surface area is 173 Å². The van der Waals surface area contributed by atoms with Gasteiger partial charge < -0.3 is 15.4 Å². The number of carbonyl (C=O) groups is 2. The summed E-state index contributed by atoms with van der Waals surface area (Å²) in [5, 5.41) is 5.23. The molecule has 0 bridgehead atoms. The molecule has 152 valence electrons. The van der Waals surface area contributed by atoms with E-state index in [2.05, 4.69) is 15.6 Å². The third-order valence-electron chi connectivity index (χ3n) is 3.97. The lowest BCUT2D eigenvalue weighted by molar-refractivity contribution is -0.124. The van der Waals surface area contributed by atoms with Crippen LogP contribution in [0.3, 0.4) is 0 Å². The molecule has 0 fully saturated rings. The Morgan fingerprint density at radius 2 is 1.73 bits per heavy atom. The van der Waals surface area contributed by atoms with Crippen LogP contribution in [0, 0.1) is 5.82 Å². The van der Waals surface area contributed by atoms with E-state index < -0.39 is 0 Å². The number of ether oxygens (including phenoxy) is 1. The highest BCUT2D eigenvalue weighted by molar-refractivity contribution is 5.94. The van der Waals surface area contributed by atoms with Crippen LogP contribution < -0.4 is 15.4 Å². The van der Waals surface area contributed by atoms with E-state index in [1.165, 1.54) is 30.3 Å². The molecule has 3 aromatic rings. The van der Waals surface area contributed by atoms with Crippen molar-refractivity contribution < 1.29 is 18.7 Å². The van der Waals surface area contributed by atoms with Crippen LogP contribution in [0.2, 0.25) is 0 Å². The van der Waals surface area contributed by atoms with Crippen molar-refractivity contribution in [2.75, 3.05) is 6.54 Å². The van der Waals surface area contributed by atoms with E-state index in [-0.39, 0.29) is 30.7 Å². The van der Waals surface area contributed by atoms with Gasteiger partial charge in [-0.1, -0.05) is 36.4 Å². The summed E-state index contributed by atoms with van der Waals surface area (Å²) in [4.78, 5) is 27.8. The molecule has 7 heteroatoms. The van der Waals surface area contributed by atoms with Crippen molar-refractivity contribution >= 4 is 17.9 Å². The second kappa shape index (κ2) is 10.5. The van der Waals surface area contributed by atoms with Crippen molar-refractivity contribution in [1.29, 1.82) is 0 Å². The number of benzene rings is 2. The molecule has 1 aromatic heterocycles. The molecule has 1 heterocycles. The third kappa shape index (κ3) is 6.87. The average Bonchev–Trinajstić information content (AvgIpc) is 2.78. The second-order valence-corrected chi connectivity index (χ2v) is 6.30. The summed E-state index contributed by atoms with van der Waals surface area (Å²) in [5.41, 5.74) is 1.67. The molecular weight excluding hydrogens is 385 g/mol. The molecule has 2 N–H and O–H groups in total. The zero-order valence-corrected chi connectivity index (χ0v) is 16.0. The summed E-state index contributed by atoms with van der Waals surface area (Å²) >= 11 is 0. The molecule has 0 aliphatic carbocycles. The van der Waals surface area contributed by atoms with Gasteiger partial charge in [0.15, 0.2) is 0 Å². The molecule has 0 spiro atoms. The van der Waals surface area contributed by atoms with Crippen LogP contribution in [0.25, 0.3) is 6.08 Å². The van der Waals surface area contributed by atoms with Gasteiger partial charge in [0, 0.05) is 24.9 Å². The minimum Gasteiger partial charge on any atom is -0.439 e. The van der Waals surface area contributed by atoms with Crippen LogP contribution in [0.15, 0.2) is 79.0 Å². The number of pyridine rings is 1. The van der Waals surface area contributed by atoms with E-state index in [0.717, 1.165) is 11.1 Å². The number of hydrogen-bond acceptors (Lipinski definition) is 4. The normalized spacial score (nSPS) is 10.6. The van der Waals surface area contributed by atoms with Crippen LogP contribution in [0.5, 0.6) is 11.6 Å². The van der Waals surface area contributed by atoms with Crippen LogP contribution in [-0.4, -0.2) is 23.3 Å². The molecule has 2 amide bonds. The molecule has 30 heavy (non-hydrogen) atoms. The number of rotatable bonds is 8. The molecule has 0 saturated carbocycles. The molecule has 3 rings (SSSR count). The molecule has 0 atom stereocenters. The number of halogens is 1. The van der Waals surface area contributed by atoms with Crippen molar-refractivity contribution in [2.45, 2.75) is 6.54 Å². The predicted molar refractivity (Wildman–Crippen MR) is 111 cm³/mol. The van der Waals surface area contributed by atoms with E-state index in [1.54, 1.807) is 24.4 Å². The maximum absolute atomic E-state index is 12.9. The second-order valence-electron chi connectivity index (χ2n) is 6.30. The summed E-state index contributed by atoms with van der Waals surface area (Å²) in [6, 6.07) is 18.4. The lowest BCUT2D eigenvalue weighted by Crippen LogP contribution is -2.35. The van der Waals surface area contributed by atoms with Gasteiger partial charge in [0.05, 0.1) is 6.54 Å². The zero-order valence-electron chi connectivity index (χ0n) is 16.0. The molecule has 6 nitrogen and oxygen atoms in total. The molecule has 0 saturated heterocycles. The van der Waals surface area contributed by atoms with E-state index in [4.69, 9.17) is 4.74 Å². The number of nitrogens with one attached hydrogen (secondary N) is 2. The van der Waals surface area contributed by atoms with Gasteiger partial charge in [0.2, 0.25) is 17.7 Å². The zero-order chi connectivity index (χ0) is 21.2. The summed E-state index contributed by atoms with van der Waals surface area (Å²) in [6.45, 7) is 0.134. The van der Waals surface area contributed by atoms with Crippen LogP contribution >= 0.6 is 0 Å². The third-order valence-corrected chi connectivity index (χ3v) is 3.97. The van der Waals surface area contributed by atoms with E-state index in [9.17, 15) is 14.0 Å². The molecule has 0 aliphatic rings. The summed E-state index contributed by atoms with van der Waals surface area (Å²) in [7, 11) is 0. The predicted octanol–water partition coefficient (Wildman–Crippen LogP) is 3.46. The topological polar surface area (TPSA) is 80.3 Å². The standard InChI is InChI=1S/C23H20FN3O3/c24-19-8-10-20(11-9-19)30-23-13-7-18(15-27-23)14-25-22(29)16-26-21(28)12-6-17-4-2-1-3-5-17/h1-13,15H,14,16H2,(H,25,29)(H,26,28)/b12-6+. The van der Waals surface area contributed by atoms with Crippen molar-refractivity contribution in [3.8, 4) is 11.6 Å². The SMILES string of the molecule is O=C(/C=C/c1ccccc1)NCC(=O)NCc1ccc(Oc2ccc(F)cc2)nc1. The fourth-order valence-corrected chi connectivity index (χ4v) is 2.42. The Balaban J connectivity index is 1.39. The van der Waals surface area contributed by atoms with Crippen molar-refractivity contribution in [3.05, 3.63) is 95.9 Å². The van der Waals surface area contributed by atoms with Gasteiger partial charge in [0.1, 0.15) is 11.6 Å². The maximum Gasteiger partial charge on any atom is 0.244 e. The number of hydrogen-bond donors (Lipinski definition) is 2. The van der Waals surface area contributed by atoms with Crippen LogP contribution in [-0.2, 0) is 16.1 Å². The Kier molecular flexibility index (Phi) is 7.27. The average molecular weight is 405 g/mol. The summed E-state index contributed by atoms with van der Waals surface area (Å²) in [6.07, 6.45) is 4.63. The monoisotopic (exact) mass is 405 g/mol. The van der Waals surface area contributed by atoms with Crippen molar-refractivity contribution in [2.24, 2.45) is 0 Å². The van der Waals surface area contributed by atoms with Gasteiger partial charge in [-0.25, -0.2) is 9.37 Å². The summed E-state index contributed by atoms with van der Waals surface area (Å²) in [5.74, 6) is -0.179. The number of amides is 2. The summed E-state index contributed by atoms with van der Waals surface area (Å²) < 4.78 is 18.4. The first-order valence-corrected chi connectivity index (χ1v) is 9.24. The van der Waals surface area contributed by atoms with Gasteiger partial charge in [-0.15, -0.1) is 0 Å². The Morgan fingerprint density at radius 3 is 2.43 bits per heavy atom. The lowest BCUT2D eigenvalue weighted by Gasteiger charge is -2.07. The smallest absolute Gasteiger partial charge is 0.244 e. The van der Waals surface area contributed by atoms with E-state index in [1.807, 2.05) is 30.3 Å². The van der Waals surface area contributed by atoms with E-state index in [0.29, 0.717) is 11.6 Å². The Morgan fingerprint density at radius 1 is 0.967 bits per heavy atom. The quantitative estimate of drug-likeness (QED) is 0.563. The molecular formula is C23H20FN3O3. The van der Waals surface area contributed by atoms with Crippen LogP contribution in [0.4, 0.5) is 4.39 Å². The highest BCUT2D eigenvalue weighted by Crippen LogP contribution is 2.19. The first-order chi connectivity index (χ1) is 14.6. The highest BCUT2D eigenvalue weighted by Gasteiger charge is 2.05. The van der Waals surface area contributed by atoms with Crippen molar-refractivity contribution in [3.63, 3.8) is 0 Å². The number of aromatic nitrogens is 1. The van der Waals surface area contributed by atoms with E-state index >= 15 is 0 Å². The minimum absolute atomic E-state index is 0.128. The number of carbonyl (C=O) groups excluding carboxylic acids is 2. The minimum atomic E-state index is -0.349. The Bertz CT molecular complexity index is 1000. The van der Waals surface area contributed by atoms with Gasteiger partial charge in [0.25, 0.3) is 0 Å². The largest absolute Gasteiger partial charge is 0.439 e. The molecule has 2 aromatic carbocycles. The first kappa shape index (κ1) is 20.7. The molecule has 0 unspecified atom stereocenters. The highest BCUT2D eigenvalue weighted by atomic mass is 19.1. The van der Waals surface area contributed by atoms with Gasteiger partial charge in [-0.2, -0.15) is 0 Å². The molecule has 0 radical (unpaired) electrons. The number of nitrogens with zero attached hydrogens (tertiary/aromatic N) is 1. The first-order valence-electron chi connectivity index (χ1n) is 9.24.